The van der Waals surface area contributed by atoms with E-state index in [1.165, 1.54) is 12.8 Å². The summed E-state index contributed by atoms with van der Waals surface area (Å²) in [7, 11) is 1.68. The molecule has 0 heterocycles. The van der Waals surface area contributed by atoms with Gasteiger partial charge in [-0.05, 0) is 57.9 Å². The van der Waals surface area contributed by atoms with Crippen LogP contribution in [0.15, 0.2) is 12.3 Å². The molecule has 0 aromatic heterocycles. The largest absolute Gasteiger partial charge is 0.505 e. The van der Waals surface area contributed by atoms with Gasteiger partial charge in [-0.2, -0.15) is 0 Å². The second-order valence-electron chi connectivity index (χ2n) is 6.43. The van der Waals surface area contributed by atoms with Crippen LogP contribution in [-0.4, -0.2) is 18.7 Å². The maximum Gasteiger partial charge on any atom is 0.306 e. The molecule has 1 saturated carbocycles. The predicted molar refractivity (Wildman–Crippen MR) is 76.7 cm³/mol. The van der Waals surface area contributed by atoms with E-state index in [4.69, 9.17) is 9.47 Å². The van der Waals surface area contributed by atoms with Crippen molar-refractivity contribution >= 4 is 5.97 Å². The Kier molecular flexibility index (Phi) is 6.40. The Bertz CT molecular complexity index is 302. The van der Waals surface area contributed by atoms with Gasteiger partial charge in [0.2, 0.25) is 0 Å². The van der Waals surface area contributed by atoms with Crippen LogP contribution < -0.4 is 0 Å². The number of carbonyl (C=O) groups is 1. The van der Waals surface area contributed by atoms with Gasteiger partial charge in [0.05, 0.1) is 13.4 Å². The molecule has 0 aromatic carbocycles. The number of ether oxygens (including phenoxy) is 2. The number of hydrogen-bond acceptors (Lipinski definition) is 3. The lowest BCUT2D eigenvalue weighted by Crippen LogP contribution is -2.23. The molecule has 0 aliphatic heterocycles. The Morgan fingerprint density at radius 2 is 2.00 bits per heavy atom. The fraction of sp³-hybridized carbons (Fsp3) is 0.812. The van der Waals surface area contributed by atoms with Crippen LogP contribution in [0.25, 0.3) is 0 Å². The van der Waals surface area contributed by atoms with E-state index in [9.17, 15) is 4.79 Å². The molecule has 0 unspecified atom stereocenters. The minimum atomic E-state index is -0.355. The van der Waals surface area contributed by atoms with Crippen molar-refractivity contribution in [1.82, 2.24) is 0 Å². The van der Waals surface area contributed by atoms with Crippen molar-refractivity contribution in [3.63, 3.8) is 0 Å². The summed E-state index contributed by atoms with van der Waals surface area (Å²) in [4.78, 5) is 11.5. The van der Waals surface area contributed by atoms with Crippen molar-refractivity contribution in [3.05, 3.63) is 12.3 Å². The molecule has 19 heavy (non-hydrogen) atoms. The number of unbranched alkanes of at least 4 members (excludes halogenated alkanes) is 1. The van der Waals surface area contributed by atoms with E-state index in [0.29, 0.717) is 6.42 Å². The first kappa shape index (κ1) is 16.1. The van der Waals surface area contributed by atoms with E-state index in [1.54, 1.807) is 13.4 Å². The number of rotatable bonds is 8. The highest BCUT2D eigenvalue weighted by Crippen LogP contribution is 2.44. The summed E-state index contributed by atoms with van der Waals surface area (Å²) in [5.74, 6) is 1.64. The molecular formula is C16H28O3. The highest BCUT2D eigenvalue weighted by atomic mass is 16.6. The van der Waals surface area contributed by atoms with Crippen LogP contribution in [-0.2, 0) is 14.3 Å². The number of allylic oxidation sites excluding steroid dienone is 1. The molecule has 110 valence electrons. The Morgan fingerprint density at radius 1 is 1.26 bits per heavy atom. The van der Waals surface area contributed by atoms with Gasteiger partial charge in [-0.15, -0.1) is 0 Å². The first-order valence-electron chi connectivity index (χ1n) is 7.32. The van der Waals surface area contributed by atoms with E-state index >= 15 is 0 Å². The predicted octanol–water partition coefficient (Wildman–Crippen LogP) is 4.07. The second-order valence-corrected chi connectivity index (χ2v) is 6.43. The molecule has 0 radical (unpaired) electrons. The first-order chi connectivity index (χ1) is 8.92. The van der Waals surface area contributed by atoms with Crippen LogP contribution in [0.1, 0.15) is 59.3 Å². The standard InChI is InChI=1S/C16H28O3/c1-16(2,3)19-15(17)10-6-5-8-13-12-14(13)9-7-11-18-4/h7,11,13-14H,5-6,8-10,12H2,1-4H3/b11-7+/t13-,14+/m1/s1. The summed E-state index contributed by atoms with van der Waals surface area (Å²) in [5, 5.41) is 0. The van der Waals surface area contributed by atoms with Crippen molar-refractivity contribution in [2.45, 2.75) is 64.9 Å². The molecule has 1 aliphatic carbocycles. The number of methoxy groups -OCH3 is 1. The van der Waals surface area contributed by atoms with E-state index in [2.05, 4.69) is 6.08 Å². The summed E-state index contributed by atoms with van der Waals surface area (Å²) < 4.78 is 10.2. The van der Waals surface area contributed by atoms with Gasteiger partial charge in [-0.25, -0.2) is 0 Å². The fourth-order valence-corrected chi connectivity index (χ4v) is 2.35. The Balaban J connectivity index is 1.98. The van der Waals surface area contributed by atoms with Gasteiger partial charge in [-0.3, -0.25) is 4.79 Å². The zero-order valence-electron chi connectivity index (χ0n) is 12.8. The van der Waals surface area contributed by atoms with Crippen molar-refractivity contribution in [2.75, 3.05) is 7.11 Å². The molecule has 0 N–H and O–H groups in total. The summed E-state index contributed by atoms with van der Waals surface area (Å²) >= 11 is 0. The fourth-order valence-electron chi connectivity index (χ4n) is 2.35. The number of esters is 1. The maximum absolute atomic E-state index is 11.5. The lowest BCUT2D eigenvalue weighted by Gasteiger charge is -2.19. The van der Waals surface area contributed by atoms with Crippen LogP contribution in [0, 0.1) is 11.8 Å². The van der Waals surface area contributed by atoms with Crippen molar-refractivity contribution in [2.24, 2.45) is 11.8 Å². The smallest absolute Gasteiger partial charge is 0.306 e. The third-order valence-electron chi connectivity index (χ3n) is 3.37. The second kappa shape index (κ2) is 7.56. The molecule has 0 aromatic rings. The third kappa shape index (κ3) is 7.91. The summed E-state index contributed by atoms with van der Waals surface area (Å²) in [6, 6.07) is 0. The number of carbonyl (C=O) groups excluding carboxylic acids is 1. The van der Waals surface area contributed by atoms with Crippen LogP contribution in [0.5, 0.6) is 0 Å². The molecule has 0 spiro atoms. The monoisotopic (exact) mass is 268 g/mol. The topological polar surface area (TPSA) is 35.5 Å². The third-order valence-corrected chi connectivity index (χ3v) is 3.37. The van der Waals surface area contributed by atoms with E-state index in [-0.39, 0.29) is 11.6 Å². The van der Waals surface area contributed by atoms with Gasteiger partial charge < -0.3 is 9.47 Å². The minimum Gasteiger partial charge on any atom is -0.505 e. The quantitative estimate of drug-likeness (QED) is 0.378. The highest BCUT2D eigenvalue weighted by molar-refractivity contribution is 5.69. The lowest BCUT2D eigenvalue weighted by molar-refractivity contribution is -0.154. The average molecular weight is 268 g/mol. The van der Waals surface area contributed by atoms with Gasteiger partial charge in [0, 0.05) is 6.42 Å². The molecule has 1 aliphatic rings. The molecule has 0 bridgehead atoms. The van der Waals surface area contributed by atoms with Gasteiger partial charge in [-0.1, -0.05) is 12.8 Å². The van der Waals surface area contributed by atoms with Crippen LogP contribution in [0.4, 0.5) is 0 Å². The van der Waals surface area contributed by atoms with Gasteiger partial charge >= 0.3 is 5.97 Å². The molecule has 3 heteroatoms. The molecule has 0 saturated heterocycles. The maximum atomic E-state index is 11.5. The summed E-state index contributed by atoms with van der Waals surface area (Å²) in [6.07, 6.45) is 10.2. The summed E-state index contributed by atoms with van der Waals surface area (Å²) in [5.41, 5.74) is -0.355. The minimum absolute atomic E-state index is 0.0668. The Morgan fingerprint density at radius 3 is 2.63 bits per heavy atom. The molecule has 3 nitrogen and oxygen atoms in total. The molecular weight excluding hydrogens is 240 g/mol. The zero-order valence-corrected chi connectivity index (χ0v) is 12.8. The van der Waals surface area contributed by atoms with Gasteiger partial charge in [0.1, 0.15) is 5.60 Å². The molecule has 1 rings (SSSR count). The van der Waals surface area contributed by atoms with Gasteiger partial charge in [0.25, 0.3) is 0 Å². The molecule has 2 atom stereocenters. The van der Waals surface area contributed by atoms with Crippen LogP contribution in [0.3, 0.4) is 0 Å². The van der Waals surface area contributed by atoms with Crippen molar-refractivity contribution in [3.8, 4) is 0 Å². The van der Waals surface area contributed by atoms with E-state index in [0.717, 1.165) is 31.1 Å². The Hall–Kier alpha value is -0.990. The van der Waals surface area contributed by atoms with Crippen LogP contribution >= 0.6 is 0 Å². The zero-order chi connectivity index (χ0) is 14.3. The van der Waals surface area contributed by atoms with Crippen molar-refractivity contribution < 1.29 is 14.3 Å². The van der Waals surface area contributed by atoms with E-state index < -0.39 is 0 Å². The molecule has 1 fully saturated rings. The Labute approximate surface area is 117 Å². The summed E-state index contributed by atoms with van der Waals surface area (Å²) in [6.45, 7) is 5.73. The van der Waals surface area contributed by atoms with E-state index in [1.807, 2.05) is 20.8 Å². The average Bonchev–Trinajstić information content (AvgIpc) is 3.01. The van der Waals surface area contributed by atoms with Gasteiger partial charge in [0.15, 0.2) is 0 Å². The normalized spacial score (nSPS) is 22.5. The lowest BCUT2D eigenvalue weighted by atomic mass is 10.1. The number of hydrogen-bond donors (Lipinski definition) is 0. The first-order valence-corrected chi connectivity index (χ1v) is 7.32. The highest BCUT2D eigenvalue weighted by Gasteiger charge is 2.34. The molecule has 0 amide bonds. The van der Waals surface area contributed by atoms with Crippen molar-refractivity contribution in [1.29, 1.82) is 0 Å². The SMILES string of the molecule is CO/C=C/C[C@H]1C[C@H]1CCCCC(=O)OC(C)(C)C. The van der Waals surface area contributed by atoms with Crippen LogP contribution in [0.2, 0.25) is 0 Å².